The van der Waals surface area contributed by atoms with Crippen molar-refractivity contribution in [1.29, 1.82) is 0 Å². The van der Waals surface area contributed by atoms with Gasteiger partial charge in [-0.2, -0.15) is 4.37 Å². The lowest BCUT2D eigenvalue weighted by atomic mass is 9.90. The maximum atomic E-state index is 12.0. The third-order valence-electron chi connectivity index (χ3n) is 3.70. The standard InChI is InChI=1S/C15H14N2O5S/c1-21-9-4-3-7(5-10(9)22-2)8-6-11(18)16-12-13(15(19)20)17-23-14(8)12/h3-5,8H,6H2,1-2H3,(H,16,18)(H,19,20). The number of rotatable bonds is 4. The van der Waals surface area contributed by atoms with Gasteiger partial charge in [0, 0.05) is 12.3 Å². The first kappa shape index (κ1) is 15.3. The molecule has 3 rings (SSSR count). The van der Waals surface area contributed by atoms with Crippen LogP contribution < -0.4 is 14.8 Å². The van der Waals surface area contributed by atoms with Crippen molar-refractivity contribution in [2.75, 3.05) is 19.5 Å². The van der Waals surface area contributed by atoms with Crippen LogP contribution in [0, 0.1) is 0 Å². The van der Waals surface area contributed by atoms with Gasteiger partial charge in [-0.3, -0.25) is 4.79 Å². The van der Waals surface area contributed by atoms with Crippen LogP contribution in [-0.4, -0.2) is 35.6 Å². The van der Waals surface area contributed by atoms with E-state index < -0.39 is 5.97 Å². The molecule has 1 unspecified atom stereocenters. The van der Waals surface area contributed by atoms with E-state index >= 15 is 0 Å². The monoisotopic (exact) mass is 334 g/mol. The summed E-state index contributed by atoms with van der Waals surface area (Å²) < 4.78 is 14.5. The molecule has 1 aliphatic heterocycles. The first-order valence-electron chi connectivity index (χ1n) is 6.79. The highest BCUT2D eigenvalue weighted by Crippen LogP contribution is 2.43. The molecule has 0 radical (unpaired) electrons. The van der Waals surface area contributed by atoms with Crippen LogP contribution >= 0.6 is 11.5 Å². The summed E-state index contributed by atoms with van der Waals surface area (Å²) in [6, 6.07) is 5.40. The van der Waals surface area contributed by atoms with E-state index in [9.17, 15) is 14.7 Å². The van der Waals surface area contributed by atoms with Gasteiger partial charge < -0.3 is 19.9 Å². The number of carbonyl (C=O) groups is 2. The molecule has 1 atom stereocenters. The first-order chi connectivity index (χ1) is 11.0. The Morgan fingerprint density at radius 2 is 2.09 bits per heavy atom. The quantitative estimate of drug-likeness (QED) is 0.890. The normalized spacial score (nSPS) is 16.4. The Labute approximate surface area is 136 Å². The van der Waals surface area contributed by atoms with Crippen molar-refractivity contribution in [3.63, 3.8) is 0 Å². The number of carbonyl (C=O) groups excluding carboxylic acids is 1. The maximum Gasteiger partial charge on any atom is 0.357 e. The van der Waals surface area contributed by atoms with Crippen LogP contribution in [0.15, 0.2) is 18.2 Å². The molecule has 23 heavy (non-hydrogen) atoms. The minimum absolute atomic E-state index is 0.122. The topological polar surface area (TPSA) is 97.8 Å². The number of fused-ring (bicyclic) bond motifs is 1. The van der Waals surface area contributed by atoms with Gasteiger partial charge in [-0.1, -0.05) is 6.07 Å². The second kappa shape index (κ2) is 5.88. The zero-order valence-electron chi connectivity index (χ0n) is 12.5. The molecule has 8 heteroatoms. The van der Waals surface area contributed by atoms with Crippen LogP contribution in [0.3, 0.4) is 0 Å². The SMILES string of the molecule is COc1ccc(C2CC(=O)Nc3c(C(=O)O)nsc32)cc1OC. The first-order valence-corrected chi connectivity index (χ1v) is 7.57. The van der Waals surface area contributed by atoms with Crippen LogP contribution in [0.4, 0.5) is 5.69 Å². The van der Waals surface area contributed by atoms with Gasteiger partial charge in [0.15, 0.2) is 17.2 Å². The van der Waals surface area contributed by atoms with Crippen molar-refractivity contribution in [3.05, 3.63) is 34.3 Å². The van der Waals surface area contributed by atoms with Crippen molar-refractivity contribution in [2.45, 2.75) is 12.3 Å². The van der Waals surface area contributed by atoms with Gasteiger partial charge in [-0.25, -0.2) is 4.79 Å². The fraction of sp³-hybridized carbons (Fsp3) is 0.267. The molecule has 2 N–H and O–H groups in total. The predicted octanol–water partition coefficient (Wildman–Crippen LogP) is 2.33. The molecule has 0 bridgehead atoms. The number of methoxy groups -OCH3 is 2. The highest BCUT2D eigenvalue weighted by Gasteiger charge is 2.33. The molecule has 1 amide bonds. The predicted molar refractivity (Wildman–Crippen MR) is 83.7 cm³/mol. The number of anilines is 1. The van der Waals surface area contributed by atoms with Crippen LogP contribution in [0.2, 0.25) is 0 Å². The number of hydrogen-bond acceptors (Lipinski definition) is 6. The molecule has 120 valence electrons. The maximum absolute atomic E-state index is 12.0. The summed E-state index contributed by atoms with van der Waals surface area (Å²) in [4.78, 5) is 23.9. The average Bonchev–Trinajstić information content (AvgIpc) is 2.97. The van der Waals surface area contributed by atoms with E-state index in [-0.39, 0.29) is 23.9 Å². The van der Waals surface area contributed by atoms with E-state index in [1.165, 1.54) is 7.11 Å². The van der Waals surface area contributed by atoms with E-state index in [0.29, 0.717) is 17.2 Å². The number of ether oxygens (including phenoxy) is 2. The van der Waals surface area contributed by atoms with E-state index in [0.717, 1.165) is 22.0 Å². The molecule has 1 aromatic heterocycles. The van der Waals surface area contributed by atoms with Crippen LogP contribution in [0.1, 0.15) is 33.3 Å². The Balaban J connectivity index is 2.08. The summed E-state index contributed by atoms with van der Waals surface area (Å²) in [5.74, 6) is -0.507. The number of carboxylic acid groups (broad SMARTS) is 1. The molecule has 2 aromatic rings. The summed E-state index contributed by atoms with van der Waals surface area (Å²) in [6.07, 6.45) is 0.226. The highest BCUT2D eigenvalue weighted by molar-refractivity contribution is 7.06. The van der Waals surface area contributed by atoms with E-state index in [4.69, 9.17) is 9.47 Å². The third kappa shape index (κ3) is 2.61. The van der Waals surface area contributed by atoms with Crippen LogP contribution in [0.5, 0.6) is 11.5 Å². The molecule has 1 aromatic carbocycles. The number of hydrogen-bond donors (Lipinski definition) is 2. The Kier molecular flexibility index (Phi) is 3.91. The summed E-state index contributed by atoms with van der Waals surface area (Å²) in [6.45, 7) is 0. The lowest BCUT2D eigenvalue weighted by Crippen LogP contribution is -2.23. The number of nitrogens with one attached hydrogen (secondary N) is 1. The highest BCUT2D eigenvalue weighted by atomic mass is 32.1. The molecule has 1 aliphatic rings. The molecule has 0 aliphatic carbocycles. The van der Waals surface area contributed by atoms with E-state index in [1.807, 2.05) is 6.07 Å². The van der Waals surface area contributed by atoms with Crippen molar-refractivity contribution in [2.24, 2.45) is 0 Å². The molecule has 0 spiro atoms. The second-order valence-corrected chi connectivity index (χ2v) is 5.80. The lowest BCUT2D eigenvalue weighted by Gasteiger charge is -2.23. The molecule has 7 nitrogen and oxygen atoms in total. The molecule has 0 fully saturated rings. The Morgan fingerprint density at radius 1 is 1.35 bits per heavy atom. The molecular formula is C15H14N2O5S. The number of benzene rings is 1. The number of carboxylic acids is 1. The van der Waals surface area contributed by atoms with Gasteiger partial charge in [0.25, 0.3) is 0 Å². The number of nitrogens with zero attached hydrogens (tertiary/aromatic N) is 1. The van der Waals surface area contributed by atoms with Gasteiger partial charge >= 0.3 is 5.97 Å². The minimum Gasteiger partial charge on any atom is -0.493 e. The summed E-state index contributed by atoms with van der Waals surface area (Å²) in [5, 5.41) is 11.8. The van der Waals surface area contributed by atoms with E-state index in [1.54, 1.807) is 19.2 Å². The number of amides is 1. The number of aromatic carboxylic acids is 1. The summed E-state index contributed by atoms with van der Waals surface area (Å²) >= 11 is 1.09. The Bertz CT molecular complexity index is 786. The lowest BCUT2D eigenvalue weighted by molar-refractivity contribution is -0.116. The van der Waals surface area contributed by atoms with Crippen molar-refractivity contribution >= 4 is 29.1 Å². The van der Waals surface area contributed by atoms with Crippen LogP contribution in [0.25, 0.3) is 0 Å². The van der Waals surface area contributed by atoms with Gasteiger partial charge in [0.2, 0.25) is 5.91 Å². The van der Waals surface area contributed by atoms with Gasteiger partial charge in [-0.15, -0.1) is 0 Å². The van der Waals surface area contributed by atoms with Gasteiger partial charge in [0.05, 0.1) is 24.8 Å². The molecule has 0 saturated carbocycles. The zero-order chi connectivity index (χ0) is 16.6. The summed E-state index contributed by atoms with van der Waals surface area (Å²) in [5.41, 5.74) is 1.02. The molecule has 0 saturated heterocycles. The largest absolute Gasteiger partial charge is 0.493 e. The Hall–Kier alpha value is -2.61. The fourth-order valence-corrected chi connectivity index (χ4v) is 3.56. The Morgan fingerprint density at radius 3 is 2.74 bits per heavy atom. The van der Waals surface area contributed by atoms with Crippen molar-refractivity contribution in [1.82, 2.24) is 4.37 Å². The van der Waals surface area contributed by atoms with Gasteiger partial charge in [0.1, 0.15) is 0 Å². The van der Waals surface area contributed by atoms with Crippen LogP contribution in [-0.2, 0) is 4.79 Å². The number of aromatic nitrogens is 1. The van der Waals surface area contributed by atoms with E-state index in [2.05, 4.69) is 9.69 Å². The van der Waals surface area contributed by atoms with Crippen molar-refractivity contribution < 1.29 is 24.2 Å². The minimum atomic E-state index is -1.16. The zero-order valence-corrected chi connectivity index (χ0v) is 13.3. The third-order valence-corrected chi connectivity index (χ3v) is 4.66. The fourth-order valence-electron chi connectivity index (χ4n) is 2.61. The molecule has 2 heterocycles. The second-order valence-electron chi connectivity index (χ2n) is 4.99. The average molecular weight is 334 g/mol. The van der Waals surface area contributed by atoms with Gasteiger partial charge in [-0.05, 0) is 29.2 Å². The summed E-state index contributed by atoms with van der Waals surface area (Å²) in [7, 11) is 3.09. The molecular weight excluding hydrogens is 320 g/mol. The smallest absolute Gasteiger partial charge is 0.357 e. The van der Waals surface area contributed by atoms with Crippen molar-refractivity contribution in [3.8, 4) is 11.5 Å².